The lowest BCUT2D eigenvalue weighted by molar-refractivity contribution is -0.420. The highest BCUT2D eigenvalue weighted by atomic mass is 16.7. The lowest BCUT2D eigenvalue weighted by Crippen LogP contribution is -1.83. The summed E-state index contributed by atoms with van der Waals surface area (Å²) in [5, 5.41) is 8.84. The van der Waals surface area contributed by atoms with Gasteiger partial charge in [0.05, 0.1) is 12.1 Å². The smallest absolute Gasteiger partial charge is 0.0885 e. The van der Waals surface area contributed by atoms with Crippen molar-refractivity contribution in [1.29, 1.82) is 0 Å². The first-order valence-corrected chi connectivity index (χ1v) is 2.18. The zero-order valence-corrected chi connectivity index (χ0v) is 4.35. The Kier molecular flexibility index (Phi) is 1.35. The van der Waals surface area contributed by atoms with Crippen LogP contribution in [-0.2, 0) is 0 Å². The second kappa shape index (κ2) is 2.17. The van der Waals surface area contributed by atoms with E-state index < -0.39 is 5.03 Å². The van der Waals surface area contributed by atoms with Crippen molar-refractivity contribution < 1.29 is 9.45 Å². The Morgan fingerprint density at radius 3 is 3.00 bits per heavy atom. The maximum absolute atomic E-state index is 9.65. The van der Waals surface area contributed by atoms with Crippen LogP contribution in [0.5, 0.6) is 0 Å². The minimum atomic E-state index is -0.807. The molecule has 0 atom stereocenters. The van der Waals surface area contributed by atoms with Gasteiger partial charge in [-0.15, -0.1) is 0 Å². The summed E-state index contributed by atoms with van der Waals surface area (Å²) in [6, 6.07) is 2.94. The van der Waals surface area contributed by atoms with Gasteiger partial charge in [-0.3, -0.25) is 10.1 Å². The molecule has 5 heteroatoms. The summed E-state index contributed by atoms with van der Waals surface area (Å²) >= 11 is 0. The van der Waals surface area contributed by atoms with Crippen LogP contribution < -0.4 is 0 Å². The standard InChI is InChI=1S/C4H3N2O3/c7-6(8)5-4-2-1-3-9-4/h1-3H/q-1. The van der Waals surface area contributed by atoms with Gasteiger partial charge in [-0.2, -0.15) is 0 Å². The van der Waals surface area contributed by atoms with Gasteiger partial charge in [0.2, 0.25) is 0 Å². The van der Waals surface area contributed by atoms with Gasteiger partial charge in [0.1, 0.15) is 0 Å². The molecule has 0 saturated carbocycles. The highest BCUT2D eigenvalue weighted by Gasteiger charge is 1.84. The van der Waals surface area contributed by atoms with Gasteiger partial charge < -0.3 is 9.84 Å². The average molecular weight is 127 g/mol. The van der Waals surface area contributed by atoms with Crippen molar-refractivity contribution in [2.45, 2.75) is 0 Å². The van der Waals surface area contributed by atoms with Gasteiger partial charge in [-0.1, -0.05) is 0 Å². The Balaban J connectivity index is 2.58. The number of hydrogen-bond acceptors (Lipinski definition) is 3. The van der Waals surface area contributed by atoms with Crippen LogP contribution in [0.2, 0.25) is 0 Å². The number of nitrogens with zero attached hydrogens (tertiary/aromatic N) is 2. The summed E-state index contributed by atoms with van der Waals surface area (Å²) in [6.07, 6.45) is 1.32. The molecule has 0 radical (unpaired) electrons. The third kappa shape index (κ3) is 1.45. The SMILES string of the molecule is O=[N+]([O-])[N-]c1ccco1. The van der Waals surface area contributed by atoms with E-state index in [9.17, 15) is 10.1 Å². The predicted octanol–water partition coefficient (Wildman–Crippen LogP) is 1.48. The fourth-order valence-electron chi connectivity index (χ4n) is 0.407. The molecule has 0 N–H and O–H groups in total. The summed E-state index contributed by atoms with van der Waals surface area (Å²) in [4.78, 5) is 9.65. The van der Waals surface area contributed by atoms with Crippen LogP contribution in [0.25, 0.3) is 5.43 Å². The van der Waals surface area contributed by atoms with E-state index >= 15 is 0 Å². The Hall–Kier alpha value is -1.52. The van der Waals surface area contributed by atoms with Crippen LogP contribution in [0.3, 0.4) is 0 Å². The van der Waals surface area contributed by atoms with Gasteiger partial charge in [-0.25, -0.2) is 0 Å². The second-order valence-corrected chi connectivity index (χ2v) is 1.29. The Bertz CT molecular complexity index is 194. The quantitative estimate of drug-likeness (QED) is 0.446. The number of hydrogen-bond donors (Lipinski definition) is 0. The highest BCUT2D eigenvalue weighted by molar-refractivity contribution is 5.31. The molecule has 0 bridgehead atoms. The topological polar surface area (TPSA) is 70.4 Å². The molecule has 0 spiro atoms. The maximum atomic E-state index is 9.65. The van der Waals surface area contributed by atoms with E-state index in [2.05, 4.69) is 9.84 Å². The van der Waals surface area contributed by atoms with Gasteiger partial charge >= 0.3 is 0 Å². The molecule has 0 fully saturated rings. The van der Waals surface area contributed by atoms with Crippen LogP contribution >= 0.6 is 0 Å². The summed E-state index contributed by atoms with van der Waals surface area (Å²) in [5.74, 6) is 0.0139. The van der Waals surface area contributed by atoms with E-state index in [0.29, 0.717) is 0 Å². The van der Waals surface area contributed by atoms with Crippen molar-refractivity contribution in [1.82, 2.24) is 0 Å². The van der Waals surface area contributed by atoms with Crippen LogP contribution in [0.1, 0.15) is 0 Å². The third-order valence-corrected chi connectivity index (χ3v) is 0.686. The molecule has 1 aromatic heterocycles. The monoisotopic (exact) mass is 127 g/mol. The Morgan fingerprint density at radius 1 is 1.78 bits per heavy atom. The van der Waals surface area contributed by atoms with Crippen LogP contribution in [-0.4, -0.2) is 5.03 Å². The molecule has 0 unspecified atom stereocenters. The van der Waals surface area contributed by atoms with E-state index in [4.69, 9.17) is 0 Å². The second-order valence-electron chi connectivity index (χ2n) is 1.29. The molecule has 1 heterocycles. The lowest BCUT2D eigenvalue weighted by Gasteiger charge is -2.02. The molecule has 48 valence electrons. The first-order chi connectivity index (χ1) is 4.29. The predicted molar refractivity (Wildman–Crippen MR) is 28.7 cm³/mol. The van der Waals surface area contributed by atoms with Crippen molar-refractivity contribution >= 4 is 5.88 Å². The zero-order chi connectivity index (χ0) is 6.69. The lowest BCUT2D eigenvalue weighted by atomic mass is 10.6. The van der Waals surface area contributed by atoms with E-state index in [1.54, 1.807) is 0 Å². The fourth-order valence-corrected chi connectivity index (χ4v) is 0.407. The fraction of sp³-hybridized carbons (Fsp3) is 0. The minimum absolute atomic E-state index is 0.0139. The van der Waals surface area contributed by atoms with E-state index in [-0.39, 0.29) is 5.88 Å². The third-order valence-electron chi connectivity index (χ3n) is 0.686. The Labute approximate surface area is 50.4 Å². The van der Waals surface area contributed by atoms with Crippen LogP contribution in [0.4, 0.5) is 5.88 Å². The van der Waals surface area contributed by atoms with Crippen molar-refractivity contribution in [2.75, 3.05) is 0 Å². The largest absolute Gasteiger partial charge is 0.483 e. The van der Waals surface area contributed by atoms with E-state index in [0.717, 1.165) is 0 Å². The molecular formula is C4H3N2O3-. The molecule has 9 heavy (non-hydrogen) atoms. The molecule has 1 aromatic rings. The molecule has 0 saturated heterocycles. The number of nitro groups is 1. The Morgan fingerprint density at radius 2 is 2.56 bits per heavy atom. The zero-order valence-electron chi connectivity index (χ0n) is 4.35. The summed E-state index contributed by atoms with van der Waals surface area (Å²) in [5.41, 5.74) is 2.88. The number of rotatable bonds is 2. The van der Waals surface area contributed by atoms with Crippen molar-refractivity contribution in [3.8, 4) is 0 Å². The van der Waals surface area contributed by atoms with Gasteiger partial charge in [0, 0.05) is 0 Å². The molecule has 0 aliphatic rings. The van der Waals surface area contributed by atoms with Crippen molar-refractivity contribution in [3.63, 3.8) is 0 Å². The highest BCUT2D eigenvalue weighted by Crippen LogP contribution is 2.16. The minimum Gasteiger partial charge on any atom is -0.483 e. The normalized spacial score (nSPS) is 8.89. The molecule has 0 aliphatic carbocycles. The van der Waals surface area contributed by atoms with E-state index in [1.165, 1.54) is 18.4 Å². The summed E-state index contributed by atoms with van der Waals surface area (Å²) in [7, 11) is 0. The van der Waals surface area contributed by atoms with Crippen molar-refractivity contribution in [3.05, 3.63) is 33.9 Å². The summed E-state index contributed by atoms with van der Waals surface area (Å²) < 4.78 is 4.54. The van der Waals surface area contributed by atoms with E-state index in [1.807, 2.05) is 0 Å². The van der Waals surface area contributed by atoms with Crippen LogP contribution in [0, 0.1) is 10.1 Å². The molecule has 1 rings (SSSR count). The van der Waals surface area contributed by atoms with Gasteiger partial charge in [0.25, 0.3) is 0 Å². The molecular weight excluding hydrogens is 124 g/mol. The van der Waals surface area contributed by atoms with Crippen molar-refractivity contribution in [2.24, 2.45) is 0 Å². The first kappa shape index (κ1) is 5.61. The van der Waals surface area contributed by atoms with Crippen LogP contribution in [0.15, 0.2) is 22.8 Å². The molecule has 0 aromatic carbocycles. The maximum Gasteiger partial charge on any atom is 0.0885 e. The van der Waals surface area contributed by atoms with Gasteiger partial charge in [0.15, 0.2) is 0 Å². The summed E-state index contributed by atoms with van der Waals surface area (Å²) in [6.45, 7) is 0. The molecule has 0 aliphatic heterocycles. The average Bonchev–Trinajstić information content (AvgIpc) is 2.15. The number of furan rings is 1. The van der Waals surface area contributed by atoms with Gasteiger partial charge in [-0.05, 0) is 17.2 Å². The first-order valence-electron chi connectivity index (χ1n) is 2.18. The molecule has 5 nitrogen and oxygen atoms in total. The molecule has 0 amide bonds.